The lowest BCUT2D eigenvalue weighted by Crippen LogP contribution is -2.36. The van der Waals surface area contributed by atoms with Crippen LogP contribution >= 0.6 is 23.2 Å². The largest absolute Gasteiger partial charge is 0.508 e. The minimum Gasteiger partial charge on any atom is -0.508 e. The van der Waals surface area contributed by atoms with Gasteiger partial charge in [-0.3, -0.25) is 9.59 Å². The predicted molar refractivity (Wildman–Crippen MR) is 126 cm³/mol. The summed E-state index contributed by atoms with van der Waals surface area (Å²) in [7, 11) is 2.73. The first-order valence-electron chi connectivity index (χ1n) is 10.6. The third-order valence-corrected chi connectivity index (χ3v) is 6.59. The number of hydrogen-bond donors (Lipinski definition) is 2. The van der Waals surface area contributed by atoms with Crippen molar-refractivity contribution in [3.63, 3.8) is 0 Å². The standard InChI is InChI=1S/C24H23Cl2NO7/c1-32-22-15(10-16(25)23(33-2)18(22)26)20(29)17-19(12-5-7-13(28)8-6-12)27(24(31)21(17)30)11-14-4-3-9-34-14/h5-8,10,14,19,28-29H,3-4,9,11H2,1-2H3/b20-17+. The van der Waals surface area contributed by atoms with Crippen LogP contribution < -0.4 is 9.47 Å². The van der Waals surface area contributed by atoms with Crippen LogP contribution in [0, 0.1) is 0 Å². The number of nitrogens with zero attached hydrogens (tertiary/aromatic N) is 1. The van der Waals surface area contributed by atoms with Gasteiger partial charge in [0.25, 0.3) is 11.7 Å². The van der Waals surface area contributed by atoms with Crippen LogP contribution in [0.5, 0.6) is 17.2 Å². The number of aliphatic hydroxyl groups is 1. The van der Waals surface area contributed by atoms with E-state index in [2.05, 4.69) is 0 Å². The SMILES string of the molecule is COc1c(Cl)cc(/C(O)=C2\C(=O)C(=O)N(CC3CCCO3)C2c2ccc(O)cc2)c(OC)c1Cl. The number of aliphatic hydroxyl groups excluding tert-OH is 1. The van der Waals surface area contributed by atoms with E-state index >= 15 is 0 Å². The Morgan fingerprint density at radius 1 is 1.15 bits per heavy atom. The summed E-state index contributed by atoms with van der Waals surface area (Å²) in [6.45, 7) is 0.757. The molecule has 2 aromatic rings. The number of carbonyl (C=O) groups excluding carboxylic acids is 2. The molecular formula is C24H23Cl2NO7. The first-order valence-corrected chi connectivity index (χ1v) is 11.3. The van der Waals surface area contributed by atoms with Crippen LogP contribution in [0.25, 0.3) is 5.76 Å². The molecule has 0 saturated carbocycles. The second-order valence-electron chi connectivity index (χ2n) is 7.96. The minimum absolute atomic E-state index is 0.00816. The second kappa shape index (κ2) is 9.74. The molecule has 2 heterocycles. The summed E-state index contributed by atoms with van der Waals surface area (Å²) in [6, 6.07) is 6.52. The number of halogens is 2. The summed E-state index contributed by atoms with van der Waals surface area (Å²) in [5.74, 6) is -1.91. The van der Waals surface area contributed by atoms with Crippen molar-refractivity contribution in [3.05, 3.63) is 57.1 Å². The van der Waals surface area contributed by atoms with Gasteiger partial charge in [0.15, 0.2) is 11.5 Å². The highest BCUT2D eigenvalue weighted by Gasteiger charge is 2.47. The van der Waals surface area contributed by atoms with Gasteiger partial charge in [-0.05, 0) is 36.6 Å². The average molecular weight is 508 g/mol. The molecule has 0 aromatic heterocycles. The zero-order valence-electron chi connectivity index (χ0n) is 18.5. The first kappa shape index (κ1) is 24.2. The van der Waals surface area contributed by atoms with Gasteiger partial charge in [0.2, 0.25) is 0 Å². The Labute approximate surface area is 206 Å². The van der Waals surface area contributed by atoms with Crippen LogP contribution in [-0.2, 0) is 14.3 Å². The number of Topliss-reactive ketones (excluding diaryl/α,β-unsaturated/α-hetero) is 1. The van der Waals surface area contributed by atoms with E-state index in [1.165, 1.54) is 37.3 Å². The van der Waals surface area contributed by atoms with Crippen molar-refractivity contribution in [3.8, 4) is 17.2 Å². The Morgan fingerprint density at radius 3 is 2.41 bits per heavy atom. The maximum absolute atomic E-state index is 13.2. The fraction of sp³-hybridized carbons (Fsp3) is 0.333. The Kier molecular flexibility index (Phi) is 6.93. The second-order valence-corrected chi connectivity index (χ2v) is 8.75. The van der Waals surface area contributed by atoms with Gasteiger partial charge in [-0.15, -0.1) is 0 Å². The number of ketones is 1. The number of aromatic hydroxyl groups is 1. The number of rotatable bonds is 6. The van der Waals surface area contributed by atoms with E-state index in [0.29, 0.717) is 12.2 Å². The highest BCUT2D eigenvalue weighted by molar-refractivity contribution is 6.47. The topological polar surface area (TPSA) is 106 Å². The van der Waals surface area contributed by atoms with Crippen molar-refractivity contribution in [2.75, 3.05) is 27.4 Å². The Bertz CT molecular complexity index is 1160. The molecule has 34 heavy (non-hydrogen) atoms. The molecule has 2 aliphatic rings. The lowest BCUT2D eigenvalue weighted by molar-refractivity contribution is -0.140. The molecule has 0 radical (unpaired) electrons. The maximum Gasteiger partial charge on any atom is 0.295 e. The van der Waals surface area contributed by atoms with Crippen molar-refractivity contribution in [1.29, 1.82) is 0 Å². The summed E-state index contributed by atoms with van der Waals surface area (Å²) in [6.07, 6.45) is 1.39. The fourth-order valence-corrected chi connectivity index (χ4v) is 5.06. The first-order chi connectivity index (χ1) is 16.3. The van der Waals surface area contributed by atoms with Gasteiger partial charge in [0.1, 0.15) is 16.5 Å². The molecule has 10 heteroatoms. The van der Waals surface area contributed by atoms with Gasteiger partial charge < -0.3 is 29.3 Å². The number of benzene rings is 2. The van der Waals surface area contributed by atoms with Crippen molar-refractivity contribution < 1.29 is 34.0 Å². The van der Waals surface area contributed by atoms with Gasteiger partial charge >= 0.3 is 0 Å². The quantitative estimate of drug-likeness (QED) is 0.340. The summed E-state index contributed by atoms with van der Waals surface area (Å²) >= 11 is 12.7. The molecule has 2 atom stereocenters. The number of likely N-dealkylation sites (tertiary alicyclic amines) is 1. The van der Waals surface area contributed by atoms with E-state index in [1.807, 2.05) is 0 Å². The third-order valence-electron chi connectivity index (χ3n) is 5.97. The van der Waals surface area contributed by atoms with E-state index in [9.17, 15) is 19.8 Å². The lowest BCUT2D eigenvalue weighted by Gasteiger charge is -2.27. The van der Waals surface area contributed by atoms with Crippen LogP contribution in [0.4, 0.5) is 0 Å². The number of phenolic OH excluding ortho intramolecular Hbond substituents is 1. The van der Waals surface area contributed by atoms with E-state index in [4.69, 9.17) is 37.4 Å². The van der Waals surface area contributed by atoms with Crippen molar-refractivity contribution >= 4 is 40.7 Å². The molecule has 2 unspecified atom stereocenters. The molecule has 2 aliphatic heterocycles. The Balaban J connectivity index is 1.91. The van der Waals surface area contributed by atoms with Crippen molar-refractivity contribution in [2.24, 2.45) is 0 Å². The van der Waals surface area contributed by atoms with E-state index in [0.717, 1.165) is 12.8 Å². The van der Waals surface area contributed by atoms with E-state index < -0.39 is 23.5 Å². The van der Waals surface area contributed by atoms with Gasteiger partial charge in [0.05, 0.1) is 42.5 Å². The molecule has 2 aromatic carbocycles. The van der Waals surface area contributed by atoms with E-state index in [1.54, 1.807) is 12.1 Å². The van der Waals surface area contributed by atoms with Gasteiger partial charge in [-0.2, -0.15) is 0 Å². The molecule has 2 saturated heterocycles. The zero-order chi connectivity index (χ0) is 24.6. The van der Waals surface area contributed by atoms with Crippen LogP contribution in [-0.4, -0.2) is 60.3 Å². The van der Waals surface area contributed by atoms with Crippen LogP contribution in [0.2, 0.25) is 10.0 Å². The molecule has 8 nitrogen and oxygen atoms in total. The molecule has 1 amide bonds. The molecular weight excluding hydrogens is 485 g/mol. The predicted octanol–water partition coefficient (Wildman–Crippen LogP) is 4.32. The summed E-state index contributed by atoms with van der Waals surface area (Å²) in [5.41, 5.74) is 0.419. The average Bonchev–Trinajstić information content (AvgIpc) is 3.42. The molecule has 0 spiro atoms. The van der Waals surface area contributed by atoms with Gasteiger partial charge in [-0.1, -0.05) is 35.3 Å². The third kappa shape index (κ3) is 4.17. The lowest BCUT2D eigenvalue weighted by atomic mass is 9.94. The molecule has 2 fully saturated rings. The van der Waals surface area contributed by atoms with E-state index in [-0.39, 0.29) is 51.1 Å². The Hall–Kier alpha value is -2.94. The fourth-order valence-electron chi connectivity index (χ4n) is 4.37. The molecule has 0 bridgehead atoms. The smallest absolute Gasteiger partial charge is 0.295 e. The molecule has 180 valence electrons. The van der Waals surface area contributed by atoms with Crippen molar-refractivity contribution in [2.45, 2.75) is 25.0 Å². The summed E-state index contributed by atoms with van der Waals surface area (Å²) < 4.78 is 16.3. The number of phenols is 1. The minimum atomic E-state index is -0.922. The van der Waals surface area contributed by atoms with Crippen LogP contribution in [0.3, 0.4) is 0 Å². The number of ether oxygens (including phenoxy) is 3. The molecule has 4 rings (SSSR count). The maximum atomic E-state index is 13.2. The van der Waals surface area contributed by atoms with Crippen LogP contribution in [0.1, 0.15) is 30.0 Å². The number of amides is 1. The van der Waals surface area contributed by atoms with Gasteiger partial charge in [-0.25, -0.2) is 0 Å². The molecule has 2 N–H and O–H groups in total. The molecule has 0 aliphatic carbocycles. The number of methoxy groups -OCH3 is 2. The monoisotopic (exact) mass is 507 g/mol. The zero-order valence-corrected chi connectivity index (χ0v) is 20.0. The Morgan fingerprint density at radius 2 is 1.82 bits per heavy atom. The highest BCUT2D eigenvalue weighted by atomic mass is 35.5. The van der Waals surface area contributed by atoms with Gasteiger partial charge in [0, 0.05) is 13.2 Å². The highest BCUT2D eigenvalue weighted by Crippen LogP contribution is 2.47. The summed E-state index contributed by atoms with van der Waals surface area (Å²) in [4.78, 5) is 27.7. The number of hydrogen-bond acceptors (Lipinski definition) is 7. The van der Waals surface area contributed by atoms with Crippen LogP contribution in [0.15, 0.2) is 35.9 Å². The normalized spacial score (nSPS) is 21.8. The summed E-state index contributed by atoms with van der Waals surface area (Å²) in [5, 5.41) is 21.2. The number of carbonyl (C=O) groups is 2. The van der Waals surface area contributed by atoms with Crippen molar-refractivity contribution in [1.82, 2.24) is 4.90 Å².